The van der Waals surface area contributed by atoms with Crippen molar-refractivity contribution in [2.45, 2.75) is 13.0 Å². The molecule has 2 aromatic rings. The molecule has 0 saturated carbocycles. The molecule has 0 aromatic heterocycles. The molecule has 1 saturated heterocycles. The molecule has 2 aromatic carbocycles. The molecule has 112 valence electrons. The van der Waals surface area contributed by atoms with Crippen molar-refractivity contribution < 1.29 is 14.3 Å². The Hall–Kier alpha value is -2.62. The lowest BCUT2D eigenvalue weighted by atomic mass is 9.82. The Labute approximate surface area is 129 Å². The summed E-state index contributed by atoms with van der Waals surface area (Å²) in [6.45, 7) is 1.48. The van der Waals surface area contributed by atoms with Crippen LogP contribution in [-0.4, -0.2) is 18.5 Å². The molecule has 0 bridgehead atoms. The molecule has 1 aliphatic rings. The monoisotopic (exact) mass is 295 g/mol. The summed E-state index contributed by atoms with van der Waals surface area (Å²) in [7, 11) is 0. The third kappa shape index (κ3) is 2.60. The van der Waals surface area contributed by atoms with Crippen LogP contribution in [0, 0.1) is 5.92 Å². The lowest BCUT2D eigenvalue weighted by molar-refractivity contribution is -0.146. The van der Waals surface area contributed by atoms with Gasteiger partial charge in [-0.2, -0.15) is 0 Å². The van der Waals surface area contributed by atoms with Gasteiger partial charge in [-0.25, -0.2) is 0 Å². The topological polar surface area (TPSA) is 46.6 Å². The number of β-lactam (4-membered cyclic amide) rings is 1. The molecular formula is C18H17NO3. The molecule has 4 nitrogen and oxygen atoms in total. The predicted octanol–water partition coefficient (Wildman–Crippen LogP) is 2.95. The molecule has 0 aliphatic carbocycles. The zero-order chi connectivity index (χ0) is 15.5. The van der Waals surface area contributed by atoms with Crippen molar-refractivity contribution in [1.82, 2.24) is 0 Å². The average Bonchev–Trinajstić information content (AvgIpc) is 2.54. The van der Waals surface area contributed by atoms with Gasteiger partial charge in [-0.1, -0.05) is 48.5 Å². The van der Waals surface area contributed by atoms with Crippen molar-refractivity contribution in [3.63, 3.8) is 0 Å². The van der Waals surface area contributed by atoms with Crippen LogP contribution in [-0.2, 0) is 14.3 Å². The Bertz CT molecular complexity index is 669. The van der Waals surface area contributed by atoms with E-state index in [-0.39, 0.29) is 30.4 Å². The van der Waals surface area contributed by atoms with E-state index in [1.54, 1.807) is 4.90 Å². The van der Waals surface area contributed by atoms with Crippen LogP contribution in [0.5, 0.6) is 0 Å². The minimum atomic E-state index is -0.363. The number of anilines is 1. The number of para-hydroxylation sites is 1. The SMILES string of the molecule is CC(=O)OC[C@H]1C(=O)N(c2ccccc2)[C@@H]1c1ccccc1. The first-order valence-electron chi connectivity index (χ1n) is 7.25. The van der Waals surface area contributed by atoms with Crippen LogP contribution < -0.4 is 4.90 Å². The lowest BCUT2D eigenvalue weighted by Crippen LogP contribution is -2.57. The van der Waals surface area contributed by atoms with Crippen LogP contribution in [0.1, 0.15) is 18.5 Å². The Balaban J connectivity index is 1.90. The van der Waals surface area contributed by atoms with Crippen LogP contribution in [0.2, 0.25) is 0 Å². The quantitative estimate of drug-likeness (QED) is 0.643. The van der Waals surface area contributed by atoms with E-state index in [9.17, 15) is 9.59 Å². The molecule has 1 amide bonds. The molecule has 3 rings (SSSR count). The summed E-state index contributed by atoms with van der Waals surface area (Å²) in [6, 6.07) is 19.3. The van der Waals surface area contributed by atoms with Crippen LogP contribution >= 0.6 is 0 Å². The number of amides is 1. The molecule has 0 unspecified atom stereocenters. The van der Waals surface area contributed by atoms with E-state index in [2.05, 4.69) is 0 Å². The maximum Gasteiger partial charge on any atom is 0.302 e. The fraction of sp³-hybridized carbons (Fsp3) is 0.222. The molecule has 22 heavy (non-hydrogen) atoms. The number of carbonyl (C=O) groups excluding carboxylic acids is 2. The number of nitrogens with zero attached hydrogens (tertiary/aromatic N) is 1. The van der Waals surface area contributed by atoms with Gasteiger partial charge in [0.1, 0.15) is 6.61 Å². The number of ether oxygens (including phenoxy) is 1. The lowest BCUT2D eigenvalue weighted by Gasteiger charge is -2.47. The van der Waals surface area contributed by atoms with Crippen LogP contribution in [0.25, 0.3) is 0 Å². The standard InChI is InChI=1S/C18H17NO3/c1-13(20)22-12-16-17(14-8-4-2-5-9-14)19(18(16)21)15-10-6-3-7-11-15/h2-11,16-17H,12H2,1H3/t16-,17-/m1/s1. The summed E-state index contributed by atoms with van der Waals surface area (Å²) >= 11 is 0. The Morgan fingerprint density at radius 2 is 1.64 bits per heavy atom. The molecule has 1 fully saturated rings. The third-order valence-electron chi connectivity index (χ3n) is 3.86. The highest BCUT2D eigenvalue weighted by atomic mass is 16.5. The molecule has 0 radical (unpaired) electrons. The minimum absolute atomic E-state index is 0.0127. The summed E-state index contributed by atoms with van der Waals surface area (Å²) in [5, 5.41) is 0. The second-order valence-corrected chi connectivity index (χ2v) is 5.31. The van der Waals surface area contributed by atoms with Crippen LogP contribution in [0.3, 0.4) is 0 Å². The van der Waals surface area contributed by atoms with Crippen molar-refractivity contribution in [1.29, 1.82) is 0 Å². The van der Waals surface area contributed by atoms with E-state index in [4.69, 9.17) is 4.74 Å². The maximum atomic E-state index is 12.5. The van der Waals surface area contributed by atoms with Gasteiger partial charge < -0.3 is 9.64 Å². The number of carbonyl (C=O) groups is 2. The third-order valence-corrected chi connectivity index (χ3v) is 3.86. The zero-order valence-corrected chi connectivity index (χ0v) is 12.3. The van der Waals surface area contributed by atoms with Gasteiger partial charge in [0.15, 0.2) is 0 Å². The number of rotatable bonds is 4. The number of benzene rings is 2. The molecule has 0 N–H and O–H groups in total. The maximum absolute atomic E-state index is 12.5. The number of hydrogen-bond donors (Lipinski definition) is 0. The van der Waals surface area contributed by atoms with E-state index >= 15 is 0 Å². The predicted molar refractivity (Wildman–Crippen MR) is 83.2 cm³/mol. The van der Waals surface area contributed by atoms with Gasteiger partial charge in [0.2, 0.25) is 5.91 Å². The summed E-state index contributed by atoms with van der Waals surface area (Å²) < 4.78 is 5.07. The van der Waals surface area contributed by atoms with E-state index < -0.39 is 0 Å². The highest BCUT2D eigenvalue weighted by Crippen LogP contribution is 2.43. The second kappa shape index (κ2) is 6.02. The molecule has 1 aliphatic heterocycles. The highest BCUT2D eigenvalue weighted by Gasteiger charge is 2.49. The van der Waals surface area contributed by atoms with E-state index in [0.29, 0.717) is 0 Å². The van der Waals surface area contributed by atoms with Gasteiger partial charge in [-0.05, 0) is 17.7 Å². The van der Waals surface area contributed by atoms with E-state index in [1.165, 1.54) is 6.92 Å². The van der Waals surface area contributed by atoms with Crippen LogP contribution in [0.15, 0.2) is 60.7 Å². The fourth-order valence-electron chi connectivity index (χ4n) is 2.83. The first-order valence-corrected chi connectivity index (χ1v) is 7.25. The van der Waals surface area contributed by atoms with Gasteiger partial charge in [-0.3, -0.25) is 9.59 Å². The average molecular weight is 295 g/mol. The number of esters is 1. The summed E-state index contributed by atoms with van der Waals surface area (Å²) in [5.41, 5.74) is 1.91. The largest absolute Gasteiger partial charge is 0.465 e. The normalized spacial score (nSPS) is 20.4. The van der Waals surface area contributed by atoms with Crippen molar-refractivity contribution in [3.8, 4) is 0 Å². The first-order chi connectivity index (χ1) is 10.7. The molecule has 4 heteroatoms. The van der Waals surface area contributed by atoms with Gasteiger partial charge in [0.05, 0.1) is 12.0 Å². The smallest absolute Gasteiger partial charge is 0.302 e. The summed E-state index contributed by atoms with van der Waals surface area (Å²) in [5.74, 6) is -0.703. The zero-order valence-electron chi connectivity index (χ0n) is 12.3. The van der Waals surface area contributed by atoms with Crippen LogP contribution in [0.4, 0.5) is 5.69 Å². The molecule has 0 spiro atoms. The van der Waals surface area contributed by atoms with Gasteiger partial charge in [0, 0.05) is 12.6 Å². The first kappa shape index (κ1) is 14.3. The minimum Gasteiger partial charge on any atom is -0.465 e. The highest BCUT2D eigenvalue weighted by molar-refractivity contribution is 6.03. The van der Waals surface area contributed by atoms with Gasteiger partial charge >= 0.3 is 5.97 Å². The van der Waals surface area contributed by atoms with Crippen molar-refractivity contribution in [3.05, 3.63) is 66.2 Å². The Kier molecular flexibility index (Phi) is 3.92. The van der Waals surface area contributed by atoms with Gasteiger partial charge in [-0.15, -0.1) is 0 Å². The van der Waals surface area contributed by atoms with Gasteiger partial charge in [0.25, 0.3) is 0 Å². The molecule has 2 atom stereocenters. The van der Waals surface area contributed by atoms with E-state index in [0.717, 1.165) is 11.3 Å². The van der Waals surface area contributed by atoms with Crippen molar-refractivity contribution in [2.24, 2.45) is 5.92 Å². The Morgan fingerprint density at radius 3 is 2.23 bits per heavy atom. The fourth-order valence-corrected chi connectivity index (χ4v) is 2.83. The number of hydrogen-bond acceptors (Lipinski definition) is 3. The second-order valence-electron chi connectivity index (χ2n) is 5.31. The molecular weight excluding hydrogens is 278 g/mol. The summed E-state index contributed by atoms with van der Waals surface area (Å²) in [4.78, 5) is 25.3. The Morgan fingerprint density at radius 1 is 1.05 bits per heavy atom. The molecule has 1 heterocycles. The summed E-state index contributed by atoms with van der Waals surface area (Å²) in [6.07, 6.45) is 0. The van der Waals surface area contributed by atoms with E-state index in [1.807, 2.05) is 60.7 Å². The van der Waals surface area contributed by atoms with Crippen molar-refractivity contribution >= 4 is 17.6 Å². The van der Waals surface area contributed by atoms with Crippen molar-refractivity contribution in [2.75, 3.05) is 11.5 Å².